The number of hydrogen-bond acceptors (Lipinski definition) is 12. The molecule has 0 saturated carbocycles. The predicted molar refractivity (Wildman–Crippen MR) is 250 cm³/mol. The van der Waals surface area contributed by atoms with Crippen LogP contribution in [0.2, 0.25) is 0 Å². The maximum absolute atomic E-state index is 12.5. The summed E-state index contributed by atoms with van der Waals surface area (Å²) in [7, 11) is -7.43. The summed E-state index contributed by atoms with van der Waals surface area (Å²) in [6.45, 7) is 10.1. The number of carbonyl (C=O) groups excluding carboxylic acids is 2. The van der Waals surface area contributed by atoms with Gasteiger partial charge in [-0.05, 0) is 91.9 Å². The number of halogens is 1. The van der Waals surface area contributed by atoms with Crippen molar-refractivity contribution in [2.24, 2.45) is 0 Å². The third-order valence-corrected chi connectivity index (χ3v) is 11.7. The van der Waals surface area contributed by atoms with Crippen molar-refractivity contribution in [3.8, 4) is 0 Å². The normalized spacial score (nSPS) is 10.6. The minimum absolute atomic E-state index is 0.0647. The Hall–Kier alpha value is -7.19. The summed E-state index contributed by atoms with van der Waals surface area (Å²) in [6.07, 6.45) is 0. The number of anilines is 4. The van der Waals surface area contributed by atoms with Crippen molar-refractivity contribution in [1.29, 1.82) is 0 Å². The first-order valence-electron chi connectivity index (χ1n) is 19.2. The summed E-state index contributed by atoms with van der Waals surface area (Å²) in [5.74, 6) is -0.723. The molecular weight excluding hydrogens is 886 g/mol. The standard InChI is InChI=1S/C19H15N3O5S.C12H12N2O2S.C7H4ClNO3.C6H15N/c23-19(15-10-4-7-13-18(15)22(24)25)20-16-11-5-6-12-17(16)21-28(26,27)14-8-2-1-3-9-14;13-11-8-4-5-9-12(11)14-17(15,16)10-6-2-1-3-7-10;8-7(10)5-3-1-2-4-6(5)9(11)12;1-4-7(5-2)6-3/h1-13,21H,(H,20,23);1-9,14H,13H2;1-4H;4-6H2,1-3H3. The molecule has 0 atom stereocenters. The van der Waals surface area contributed by atoms with Crippen molar-refractivity contribution < 1.29 is 36.3 Å². The Morgan fingerprint density at radius 1 is 0.547 bits per heavy atom. The molecule has 0 aliphatic heterocycles. The van der Waals surface area contributed by atoms with Crippen molar-refractivity contribution in [2.75, 3.05) is 40.1 Å². The Bertz CT molecular complexity index is 2690. The number of benzene rings is 6. The molecule has 0 aromatic heterocycles. The number of rotatable bonds is 14. The third-order valence-electron chi connectivity index (χ3n) is 8.73. The number of amides is 1. The number of nitro benzene ring substituents is 2. The second-order valence-corrected chi connectivity index (χ2v) is 16.6. The Balaban J connectivity index is 0.000000256. The minimum Gasteiger partial charge on any atom is -0.397 e. The topological polar surface area (TPSA) is 254 Å². The fourth-order valence-corrected chi connectivity index (χ4v) is 7.73. The Morgan fingerprint density at radius 2 is 0.906 bits per heavy atom. The molecule has 17 nitrogen and oxygen atoms in total. The second kappa shape index (κ2) is 25.1. The number of nitrogens with one attached hydrogen (secondary N) is 3. The van der Waals surface area contributed by atoms with Gasteiger partial charge in [0, 0.05) is 12.1 Å². The van der Waals surface area contributed by atoms with E-state index >= 15 is 0 Å². The fourth-order valence-electron chi connectivity index (χ4n) is 5.36. The summed E-state index contributed by atoms with van der Waals surface area (Å²) < 4.78 is 53.9. The number of para-hydroxylation sites is 6. The molecule has 0 unspecified atom stereocenters. The van der Waals surface area contributed by atoms with Gasteiger partial charge in [-0.1, -0.05) is 106 Å². The van der Waals surface area contributed by atoms with Crippen LogP contribution in [0.1, 0.15) is 41.5 Å². The van der Waals surface area contributed by atoms with E-state index in [0.29, 0.717) is 11.4 Å². The Kier molecular flexibility index (Phi) is 20.0. The summed E-state index contributed by atoms with van der Waals surface area (Å²) in [6, 6.07) is 39.9. The molecule has 6 rings (SSSR count). The van der Waals surface area contributed by atoms with E-state index in [4.69, 9.17) is 17.3 Å². The van der Waals surface area contributed by atoms with Crippen molar-refractivity contribution in [2.45, 2.75) is 30.6 Å². The van der Waals surface area contributed by atoms with E-state index in [-0.39, 0.29) is 43.7 Å². The predicted octanol–water partition coefficient (Wildman–Crippen LogP) is 9.04. The number of sulfonamides is 2. The van der Waals surface area contributed by atoms with Crippen LogP contribution in [0.25, 0.3) is 0 Å². The molecule has 0 fully saturated rings. The van der Waals surface area contributed by atoms with E-state index in [1.807, 2.05) is 0 Å². The lowest BCUT2D eigenvalue weighted by Gasteiger charge is -2.13. The Morgan fingerprint density at radius 3 is 1.31 bits per heavy atom. The average molecular weight is 932 g/mol. The molecule has 20 heteroatoms. The van der Waals surface area contributed by atoms with Crippen LogP contribution in [0.5, 0.6) is 0 Å². The van der Waals surface area contributed by atoms with Crippen molar-refractivity contribution >= 4 is 76.9 Å². The summed E-state index contributed by atoms with van der Waals surface area (Å²) in [5, 5.41) is 23.2. The molecule has 0 aliphatic carbocycles. The number of carbonyl (C=O) groups is 2. The quantitative estimate of drug-likeness (QED) is 0.0345. The van der Waals surface area contributed by atoms with Gasteiger partial charge in [-0.15, -0.1) is 0 Å². The van der Waals surface area contributed by atoms with Crippen LogP contribution in [0.3, 0.4) is 0 Å². The molecule has 6 aromatic carbocycles. The van der Waals surface area contributed by atoms with Gasteiger partial charge >= 0.3 is 0 Å². The van der Waals surface area contributed by atoms with Gasteiger partial charge in [-0.25, -0.2) is 16.8 Å². The minimum atomic E-state index is -3.87. The summed E-state index contributed by atoms with van der Waals surface area (Å²) >= 11 is 5.11. The van der Waals surface area contributed by atoms with Crippen LogP contribution in [-0.2, 0) is 20.0 Å². The molecule has 5 N–H and O–H groups in total. The van der Waals surface area contributed by atoms with Crippen LogP contribution in [-0.4, -0.2) is 62.4 Å². The van der Waals surface area contributed by atoms with Gasteiger partial charge in [0.1, 0.15) is 11.1 Å². The van der Waals surface area contributed by atoms with Gasteiger partial charge < -0.3 is 16.0 Å². The highest BCUT2D eigenvalue weighted by atomic mass is 35.5. The first-order valence-corrected chi connectivity index (χ1v) is 22.6. The smallest absolute Gasteiger partial charge is 0.282 e. The van der Waals surface area contributed by atoms with E-state index in [1.54, 1.807) is 72.8 Å². The Labute approximate surface area is 376 Å². The molecular formula is C44H46ClN7O10S2. The molecule has 1 amide bonds. The van der Waals surface area contributed by atoms with Crippen LogP contribution in [0.15, 0.2) is 168 Å². The molecule has 0 heterocycles. The van der Waals surface area contributed by atoms with Crippen LogP contribution in [0.4, 0.5) is 34.1 Å². The van der Waals surface area contributed by atoms with Gasteiger partial charge in [0.05, 0.1) is 42.4 Å². The van der Waals surface area contributed by atoms with E-state index in [9.17, 15) is 46.7 Å². The summed E-state index contributed by atoms with van der Waals surface area (Å²) in [4.78, 5) is 46.0. The molecule has 0 saturated heterocycles. The number of hydrogen-bond donors (Lipinski definition) is 4. The van der Waals surface area contributed by atoms with E-state index in [0.717, 1.165) is 0 Å². The number of nitro groups is 2. The SMILES string of the molecule is CCN(CC)CC.Nc1ccccc1NS(=O)(=O)c1ccccc1.O=C(Cl)c1ccccc1[N+](=O)[O-].O=C(Nc1ccccc1NS(=O)(=O)c1ccccc1)c1ccccc1[N+](=O)[O-]. The monoisotopic (exact) mass is 931 g/mol. The highest BCUT2D eigenvalue weighted by molar-refractivity contribution is 7.93. The lowest BCUT2D eigenvalue weighted by molar-refractivity contribution is -0.385. The largest absolute Gasteiger partial charge is 0.397 e. The van der Waals surface area contributed by atoms with Gasteiger partial charge in [0.2, 0.25) is 0 Å². The van der Waals surface area contributed by atoms with Crippen LogP contribution < -0.4 is 20.5 Å². The zero-order chi connectivity index (χ0) is 47.3. The highest BCUT2D eigenvalue weighted by Crippen LogP contribution is 2.27. The van der Waals surface area contributed by atoms with Crippen LogP contribution in [0, 0.1) is 20.2 Å². The summed E-state index contributed by atoms with van der Waals surface area (Å²) in [5.41, 5.74) is 5.95. The van der Waals surface area contributed by atoms with Crippen molar-refractivity contribution in [1.82, 2.24) is 4.90 Å². The maximum Gasteiger partial charge on any atom is 0.282 e. The molecule has 0 radical (unpaired) electrons. The molecule has 6 aromatic rings. The number of nitrogens with two attached hydrogens (primary N) is 1. The lowest BCUT2D eigenvalue weighted by Crippen LogP contribution is -2.21. The third kappa shape index (κ3) is 15.6. The molecule has 0 aliphatic rings. The highest BCUT2D eigenvalue weighted by Gasteiger charge is 2.22. The van der Waals surface area contributed by atoms with Crippen molar-refractivity contribution in [3.63, 3.8) is 0 Å². The molecule has 336 valence electrons. The van der Waals surface area contributed by atoms with Crippen LogP contribution >= 0.6 is 11.6 Å². The van der Waals surface area contributed by atoms with Gasteiger partial charge in [-0.3, -0.25) is 39.3 Å². The van der Waals surface area contributed by atoms with Gasteiger partial charge in [0.25, 0.3) is 42.6 Å². The first kappa shape index (κ1) is 51.2. The van der Waals surface area contributed by atoms with E-state index in [2.05, 4.69) is 40.4 Å². The average Bonchev–Trinajstić information content (AvgIpc) is 3.29. The fraction of sp³-hybridized carbons (Fsp3) is 0.136. The lowest BCUT2D eigenvalue weighted by atomic mass is 10.1. The van der Waals surface area contributed by atoms with E-state index in [1.165, 1.54) is 105 Å². The molecule has 0 bridgehead atoms. The van der Waals surface area contributed by atoms with Gasteiger partial charge in [0.15, 0.2) is 0 Å². The number of nitrogen functional groups attached to an aromatic ring is 1. The first-order chi connectivity index (χ1) is 30.4. The molecule has 0 spiro atoms. The van der Waals surface area contributed by atoms with Crippen molar-refractivity contribution in [3.05, 3.63) is 189 Å². The molecule has 64 heavy (non-hydrogen) atoms. The van der Waals surface area contributed by atoms with E-state index < -0.39 is 41.0 Å². The van der Waals surface area contributed by atoms with Gasteiger partial charge in [-0.2, -0.15) is 0 Å². The second-order valence-electron chi connectivity index (χ2n) is 12.9. The maximum atomic E-state index is 12.5. The number of nitrogens with zero attached hydrogens (tertiary/aromatic N) is 3. The zero-order valence-corrected chi connectivity index (χ0v) is 37.2. The zero-order valence-electron chi connectivity index (χ0n) is 34.8.